The Labute approximate surface area is 209 Å². The highest BCUT2D eigenvalue weighted by Crippen LogP contribution is 2.36. The number of alkyl halides is 2. The molecule has 2 N–H and O–H groups in total. The number of nitrogens with zero attached hydrogens (tertiary/aromatic N) is 2. The number of carbonyl (C=O) groups excluding carboxylic acids is 1. The highest BCUT2D eigenvalue weighted by Gasteiger charge is 2.35. The summed E-state index contributed by atoms with van der Waals surface area (Å²) in [6.07, 6.45) is -0.475. The molecule has 0 saturated carbocycles. The van der Waals surface area contributed by atoms with Gasteiger partial charge in [-0.1, -0.05) is 12.1 Å². The molecule has 2 aromatic carbocycles. The number of carbonyl (C=O) groups is 2. The van der Waals surface area contributed by atoms with Crippen molar-refractivity contribution in [1.82, 2.24) is 15.2 Å². The van der Waals surface area contributed by atoms with Crippen LogP contribution >= 0.6 is 0 Å². The number of hydrogen-bond donors (Lipinski definition) is 2. The Balaban J connectivity index is 1.48. The van der Waals surface area contributed by atoms with Gasteiger partial charge in [0.25, 0.3) is 11.8 Å². The number of benzene rings is 2. The molecule has 5 rings (SSSR count). The molecule has 1 aliphatic heterocycles. The Hall–Kier alpha value is -4.34. The molecule has 37 heavy (non-hydrogen) atoms. The van der Waals surface area contributed by atoms with E-state index in [4.69, 9.17) is 9.52 Å². The molecule has 1 saturated heterocycles. The summed E-state index contributed by atoms with van der Waals surface area (Å²) in [6.45, 7) is -0.0463. The van der Waals surface area contributed by atoms with Crippen molar-refractivity contribution in [3.63, 3.8) is 0 Å². The Morgan fingerprint density at radius 1 is 1.03 bits per heavy atom. The van der Waals surface area contributed by atoms with Crippen molar-refractivity contribution in [3.8, 4) is 22.4 Å². The second kappa shape index (κ2) is 9.61. The van der Waals surface area contributed by atoms with Gasteiger partial charge < -0.3 is 19.7 Å². The van der Waals surface area contributed by atoms with Crippen LogP contribution in [0.3, 0.4) is 0 Å². The molecule has 7 nitrogen and oxygen atoms in total. The third-order valence-electron chi connectivity index (χ3n) is 6.32. The second-order valence-electron chi connectivity index (χ2n) is 8.90. The molecule has 10 heteroatoms. The summed E-state index contributed by atoms with van der Waals surface area (Å²) in [7, 11) is 0. The number of pyridine rings is 1. The van der Waals surface area contributed by atoms with Crippen molar-refractivity contribution in [1.29, 1.82) is 0 Å². The van der Waals surface area contributed by atoms with Crippen LogP contribution < -0.4 is 5.32 Å². The van der Waals surface area contributed by atoms with E-state index in [-0.39, 0.29) is 44.2 Å². The van der Waals surface area contributed by atoms with Crippen molar-refractivity contribution in [2.24, 2.45) is 0 Å². The van der Waals surface area contributed by atoms with Crippen LogP contribution in [-0.2, 0) is 6.54 Å². The molecule has 0 aliphatic carbocycles. The standard InChI is InChI=1S/C27H22F3N3O4/c28-20-4-1-16(2-5-20)22-13-18(11-19-12-21(37-24(19)22)15-32-26(35)36)23-6-3-17(14-31-23)25(34)33-9-7-27(29,30)8-10-33/h1-6,11-14,32H,7-10,15H2,(H,35,36). The number of halogens is 3. The fourth-order valence-corrected chi connectivity index (χ4v) is 4.36. The van der Waals surface area contributed by atoms with Crippen LogP contribution in [0.25, 0.3) is 33.4 Å². The van der Waals surface area contributed by atoms with Gasteiger partial charge in [-0.15, -0.1) is 0 Å². The van der Waals surface area contributed by atoms with Crippen LogP contribution in [0.4, 0.5) is 18.0 Å². The van der Waals surface area contributed by atoms with Crippen LogP contribution in [-0.4, -0.2) is 46.0 Å². The number of hydrogen-bond acceptors (Lipinski definition) is 4. The van der Waals surface area contributed by atoms with Crippen molar-refractivity contribution < 1.29 is 32.3 Å². The fourth-order valence-electron chi connectivity index (χ4n) is 4.36. The summed E-state index contributed by atoms with van der Waals surface area (Å²) in [4.78, 5) is 29.5. The first-order valence-corrected chi connectivity index (χ1v) is 11.6. The Bertz CT molecular complexity index is 1460. The average molecular weight is 509 g/mol. The van der Waals surface area contributed by atoms with Gasteiger partial charge in [-0.2, -0.15) is 0 Å². The number of amides is 2. The predicted molar refractivity (Wildman–Crippen MR) is 130 cm³/mol. The van der Waals surface area contributed by atoms with Gasteiger partial charge in [0.2, 0.25) is 0 Å². The monoisotopic (exact) mass is 509 g/mol. The van der Waals surface area contributed by atoms with Crippen molar-refractivity contribution in [2.75, 3.05) is 13.1 Å². The lowest BCUT2D eigenvalue weighted by Gasteiger charge is -2.31. The quantitative estimate of drug-likeness (QED) is 0.347. The summed E-state index contributed by atoms with van der Waals surface area (Å²) in [5, 5.41) is 11.9. The minimum Gasteiger partial charge on any atom is -0.465 e. The number of rotatable bonds is 5. The SMILES string of the molecule is O=C(O)NCc1cc2cc(-c3ccc(C(=O)N4CCC(F)(F)CC4)cn3)cc(-c3ccc(F)cc3)c2o1. The minimum absolute atomic E-state index is 0.00909. The van der Waals surface area contributed by atoms with Gasteiger partial charge in [0.05, 0.1) is 17.8 Å². The lowest BCUT2D eigenvalue weighted by atomic mass is 9.98. The number of carboxylic acid groups (broad SMARTS) is 1. The number of piperidine rings is 1. The average Bonchev–Trinajstić information content (AvgIpc) is 3.30. The molecule has 190 valence electrons. The zero-order valence-corrected chi connectivity index (χ0v) is 19.5. The third kappa shape index (κ3) is 5.28. The maximum atomic E-state index is 13.6. The minimum atomic E-state index is -2.74. The lowest BCUT2D eigenvalue weighted by molar-refractivity contribution is -0.0494. The zero-order chi connectivity index (χ0) is 26.2. The summed E-state index contributed by atoms with van der Waals surface area (Å²) < 4.78 is 46.4. The van der Waals surface area contributed by atoms with Gasteiger partial charge in [-0.05, 0) is 48.0 Å². The Morgan fingerprint density at radius 2 is 1.76 bits per heavy atom. The molecular formula is C27H22F3N3O4. The van der Waals surface area contributed by atoms with E-state index in [2.05, 4.69) is 10.3 Å². The van der Waals surface area contributed by atoms with Crippen LogP contribution in [0.2, 0.25) is 0 Å². The summed E-state index contributed by atoms with van der Waals surface area (Å²) >= 11 is 0. The van der Waals surface area contributed by atoms with Gasteiger partial charge in [-0.3, -0.25) is 9.78 Å². The topological polar surface area (TPSA) is 95.7 Å². The molecule has 1 fully saturated rings. The number of likely N-dealkylation sites (tertiary alicyclic amines) is 1. The summed E-state index contributed by atoms with van der Waals surface area (Å²) in [5.74, 6) is -3.07. The van der Waals surface area contributed by atoms with Crippen molar-refractivity contribution in [2.45, 2.75) is 25.3 Å². The van der Waals surface area contributed by atoms with Gasteiger partial charge in [0.15, 0.2) is 0 Å². The Morgan fingerprint density at radius 3 is 2.41 bits per heavy atom. The second-order valence-corrected chi connectivity index (χ2v) is 8.90. The first kappa shape index (κ1) is 24.4. The first-order valence-electron chi connectivity index (χ1n) is 11.6. The van der Waals surface area contributed by atoms with Crippen molar-refractivity contribution in [3.05, 3.63) is 77.9 Å². The predicted octanol–water partition coefficient (Wildman–Crippen LogP) is 5.94. The summed E-state index contributed by atoms with van der Waals surface area (Å²) in [6, 6.07) is 14.5. The van der Waals surface area contributed by atoms with E-state index < -0.39 is 12.0 Å². The zero-order valence-electron chi connectivity index (χ0n) is 19.5. The molecule has 2 amide bonds. The third-order valence-corrected chi connectivity index (χ3v) is 6.32. The van der Waals surface area contributed by atoms with Gasteiger partial charge >= 0.3 is 6.09 Å². The lowest BCUT2D eigenvalue weighted by Crippen LogP contribution is -2.42. The van der Waals surface area contributed by atoms with Crippen LogP contribution in [0.5, 0.6) is 0 Å². The molecule has 0 atom stereocenters. The molecule has 0 unspecified atom stereocenters. The molecule has 0 radical (unpaired) electrons. The maximum Gasteiger partial charge on any atom is 0.405 e. The van der Waals surface area contributed by atoms with Crippen LogP contribution in [0.1, 0.15) is 29.0 Å². The molecular weight excluding hydrogens is 487 g/mol. The molecule has 0 bridgehead atoms. The van der Waals surface area contributed by atoms with E-state index in [1.54, 1.807) is 30.3 Å². The van der Waals surface area contributed by atoms with E-state index in [0.717, 1.165) is 0 Å². The number of furan rings is 1. The highest BCUT2D eigenvalue weighted by molar-refractivity contribution is 5.97. The largest absolute Gasteiger partial charge is 0.465 e. The van der Waals surface area contributed by atoms with Crippen LogP contribution in [0, 0.1) is 5.82 Å². The highest BCUT2D eigenvalue weighted by atomic mass is 19.3. The fraction of sp³-hybridized carbons (Fsp3) is 0.222. The first-order chi connectivity index (χ1) is 17.7. The maximum absolute atomic E-state index is 13.6. The van der Waals surface area contributed by atoms with Crippen LogP contribution in [0.15, 0.2) is 65.2 Å². The number of fused-ring (bicyclic) bond motifs is 1. The van der Waals surface area contributed by atoms with Gasteiger partial charge in [-0.25, -0.2) is 18.0 Å². The molecule has 4 aromatic rings. The van der Waals surface area contributed by atoms with E-state index in [0.29, 0.717) is 44.7 Å². The molecule has 1 aliphatic rings. The molecule has 3 heterocycles. The van der Waals surface area contributed by atoms with E-state index in [9.17, 15) is 22.8 Å². The van der Waals surface area contributed by atoms with Gasteiger partial charge in [0.1, 0.15) is 17.2 Å². The summed E-state index contributed by atoms with van der Waals surface area (Å²) in [5.41, 5.74) is 3.41. The smallest absolute Gasteiger partial charge is 0.405 e. The van der Waals surface area contributed by atoms with E-state index >= 15 is 0 Å². The number of aromatic nitrogens is 1. The van der Waals surface area contributed by atoms with E-state index in [1.807, 2.05) is 12.1 Å². The molecule has 2 aromatic heterocycles. The molecule has 0 spiro atoms. The number of nitrogens with one attached hydrogen (secondary N) is 1. The van der Waals surface area contributed by atoms with Gasteiger partial charge in [0, 0.05) is 48.6 Å². The normalized spacial score (nSPS) is 15.1. The Kier molecular flexibility index (Phi) is 6.32. The van der Waals surface area contributed by atoms with E-state index in [1.165, 1.54) is 23.2 Å². The van der Waals surface area contributed by atoms with Crippen molar-refractivity contribution >= 4 is 23.0 Å².